The molecule has 2 aliphatic rings. The summed E-state index contributed by atoms with van der Waals surface area (Å²) in [5.74, 6) is 3.20. The van der Waals surface area contributed by atoms with Crippen LogP contribution >= 0.6 is 0 Å². The first kappa shape index (κ1) is 10.0. The molecule has 1 radical (unpaired) electrons. The summed E-state index contributed by atoms with van der Waals surface area (Å²) in [6.45, 7) is 11.7. The summed E-state index contributed by atoms with van der Waals surface area (Å²) >= 11 is 0. The second kappa shape index (κ2) is 3.25. The van der Waals surface area contributed by atoms with Gasteiger partial charge in [0.2, 0.25) is 0 Å². The van der Waals surface area contributed by atoms with Gasteiger partial charge >= 0.3 is 0 Å². The minimum Gasteiger partial charge on any atom is -0.0619 e. The van der Waals surface area contributed by atoms with E-state index >= 15 is 0 Å². The van der Waals surface area contributed by atoms with E-state index in [1.165, 1.54) is 18.4 Å². The van der Waals surface area contributed by atoms with Gasteiger partial charge in [0, 0.05) is 5.92 Å². The van der Waals surface area contributed by atoms with Crippen molar-refractivity contribution in [1.29, 1.82) is 0 Å². The molecule has 2 aliphatic carbocycles. The molecule has 0 aromatic heterocycles. The highest BCUT2D eigenvalue weighted by Gasteiger charge is 2.34. The molecule has 0 aliphatic heterocycles. The second-order valence-electron chi connectivity index (χ2n) is 5.07. The Morgan fingerprint density at radius 3 is 2.29 bits per heavy atom. The smallest absolute Gasteiger partial charge is 0.0230 e. The molecule has 0 heterocycles. The molecule has 77 valence electrons. The fourth-order valence-corrected chi connectivity index (χ4v) is 2.98. The van der Waals surface area contributed by atoms with Gasteiger partial charge in [-0.15, -0.1) is 0 Å². The molecule has 14 heavy (non-hydrogen) atoms. The van der Waals surface area contributed by atoms with Gasteiger partial charge in [0.1, 0.15) is 0 Å². The highest BCUT2D eigenvalue weighted by molar-refractivity contribution is 5.59. The lowest BCUT2D eigenvalue weighted by atomic mass is 9.75. The molecule has 0 saturated carbocycles. The van der Waals surface area contributed by atoms with Crippen molar-refractivity contribution in [3.8, 4) is 0 Å². The van der Waals surface area contributed by atoms with E-state index in [-0.39, 0.29) is 0 Å². The topological polar surface area (TPSA) is 0 Å². The summed E-state index contributed by atoms with van der Waals surface area (Å²) in [5, 5.41) is 0. The maximum atomic E-state index is 2.40. The van der Waals surface area contributed by atoms with E-state index in [0.717, 1.165) is 11.8 Å². The Bertz CT molecular complexity index is 317. The van der Waals surface area contributed by atoms with Gasteiger partial charge < -0.3 is 0 Å². The van der Waals surface area contributed by atoms with Crippen molar-refractivity contribution in [1.82, 2.24) is 0 Å². The molecule has 0 N–H and O–H groups in total. The molecule has 0 aromatic rings. The van der Waals surface area contributed by atoms with E-state index in [2.05, 4.69) is 34.6 Å². The van der Waals surface area contributed by atoms with E-state index in [0.29, 0.717) is 0 Å². The second-order valence-corrected chi connectivity index (χ2v) is 5.07. The van der Waals surface area contributed by atoms with Gasteiger partial charge in [-0.3, -0.25) is 0 Å². The zero-order valence-electron chi connectivity index (χ0n) is 10.1. The number of allylic oxidation sites excluding steroid dienone is 4. The maximum absolute atomic E-state index is 2.40. The minimum atomic E-state index is 0.770. The average Bonchev–Trinajstić information content (AvgIpc) is 2.38. The van der Waals surface area contributed by atoms with Crippen molar-refractivity contribution in [3.63, 3.8) is 0 Å². The SMILES string of the molecule is C[C]1C(C)=C(C)C2=C1CCC(C)C2C. The highest BCUT2D eigenvalue weighted by atomic mass is 14.4. The predicted octanol–water partition coefficient (Wildman–Crippen LogP) is 4.29. The average molecular weight is 189 g/mol. The van der Waals surface area contributed by atoms with E-state index in [4.69, 9.17) is 0 Å². The normalized spacial score (nSPS) is 34.1. The van der Waals surface area contributed by atoms with Crippen molar-refractivity contribution < 1.29 is 0 Å². The lowest BCUT2D eigenvalue weighted by molar-refractivity contribution is 0.389. The summed E-state index contributed by atoms with van der Waals surface area (Å²) in [5.41, 5.74) is 6.46. The quantitative estimate of drug-likeness (QED) is 0.533. The van der Waals surface area contributed by atoms with Crippen molar-refractivity contribution in [3.05, 3.63) is 28.2 Å². The zero-order chi connectivity index (χ0) is 10.5. The van der Waals surface area contributed by atoms with Gasteiger partial charge in [0.25, 0.3) is 0 Å². The van der Waals surface area contributed by atoms with Crippen LogP contribution < -0.4 is 0 Å². The molecule has 0 heteroatoms. The molecule has 2 rings (SSSR count). The van der Waals surface area contributed by atoms with Crippen LogP contribution in [0.25, 0.3) is 0 Å². The molecule has 0 fully saturated rings. The summed E-state index contributed by atoms with van der Waals surface area (Å²) in [7, 11) is 0. The number of hydrogen-bond acceptors (Lipinski definition) is 0. The molecule has 0 spiro atoms. The Morgan fingerprint density at radius 1 is 1.00 bits per heavy atom. The maximum Gasteiger partial charge on any atom is 0.0230 e. The van der Waals surface area contributed by atoms with Crippen molar-refractivity contribution in [2.24, 2.45) is 11.8 Å². The van der Waals surface area contributed by atoms with Crippen LogP contribution in [0, 0.1) is 17.8 Å². The van der Waals surface area contributed by atoms with E-state index < -0.39 is 0 Å². The van der Waals surface area contributed by atoms with E-state index in [9.17, 15) is 0 Å². The third-order valence-corrected chi connectivity index (χ3v) is 4.47. The predicted molar refractivity (Wildman–Crippen MR) is 61.9 cm³/mol. The molecular weight excluding hydrogens is 168 g/mol. The molecule has 0 amide bonds. The van der Waals surface area contributed by atoms with Crippen LogP contribution in [0.1, 0.15) is 47.5 Å². The fraction of sp³-hybridized carbons (Fsp3) is 0.643. The van der Waals surface area contributed by atoms with Crippen LogP contribution in [-0.4, -0.2) is 0 Å². The van der Waals surface area contributed by atoms with Crippen LogP contribution in [0.4, 0.5) is 0 Å². The first-order chi connectivity index (χ1) is 6.54. The van der Waals surface area contributed by atoms with E-state index in [1.54, 1.807) is 22.6 Å². The molecule has 0 saturated heterocycles. The Hall–Kier alpha value is -0.520. The first-order valence-corrected chi connectivity index (χ1v) is 5.79. The largest absolute Gasteiger partial charge is 0.0619 e. The van der Waals surface area contributed by atoms with Gasteiger partial charge in [-0.25, -0.2) is 0 Å². The van der Waals surface area contributed by atoms with Crippen LogP contribution in [0.15, 0.2) is 22.3 Å². The summed E-state index contributed by atoms with van der Waals surface area (Å²) in [6, 6.07) is 0. The third kappa shape index (κ3) is 1.20. The standard InChI is InChI=1S/C14H21/c1-8-6-7-13-11(4)10(3)12(5)14(13)9(8)2/h8-9H,6-7H2,1-5H3. The Kier molecular flexibility index (Phi) is 2.33. The summed E-state index contributed by atoms with van der Waals surface area (Å²) < 4.78 is 0. The Balaban J connectivity index is 2.44. The fourth-order valence-electron chi connectivity index (χ4n) is 2.98. The zero-order valence-corrected chi connectivity index (χ0v) is 10.1. The molecule has 2 atom stereocenters. The number of hydrogen-bond donors (Lipinski definition) is 0. The van der Waals surface area contributed by atoms with Crippen molar-refractivity contribution >= 4 is 0 Å². The molecule has 0 nitrogen and oxygen atoms in total. The molecule has 0 aromatic carbocycles. The first-order valence-electron chi connectivity index (χ1n) is 5.79. The summed E-state index contributed by atoms with van der Waals surface area (Å²) in [4.78, 5) is 0. The highest BCUT2D eigenvalue weighted by Crippen LogP contribution is 2.49. The third-order valence-electron chi connectivity index (χ3n) is 4.47. The van der Waals surface area contributed by atoms with E-state index in [1.807, 2.05) is 0 Å². The molecule has 0 bridgehead atoms. The summed E-state index contributed by atoms with van der Waals surface area (Å²) in [6.07, 6.45) is 2.68. The Labute approximate surface area is 88.1 Å². The Morgan fingerprint density at radius 2 is 1.64 bits per heavy atom. The van der Waals surface area contributed by atoms with Crippen LogP contribution in [0.3, 0.4) is 0 Å². The van der Waals surface area contributed by atoms with Gasteiger partial charge in [-0.05, 0) is 49.7 Å². The van der Waals surface area contributed by atoms with Gasteiger partial charge in [0.15, 0.2) is 0 Å². The van der Waals surface area contributed by atoms with Gasteiger partial charge in [-0.2, -0.15) is 0 Å². The van der Waals surface area contributed by atoms with Crippen LogP contribution in [-0.2, 0) is 0 Å². The van der Waals surface area contributed by atoms with Crippen molar-refractivity contribution in [2.45, 2.75) is 47.5 Å². The van der Waals surface area contributed by atoms with Crippen LogP contribution in [0.5, 0.6) is 0 Å². The minimum absolute atomic E-state index is 0.770. The monoisotopic (exact) mass is 189 g/mol. The lowest BCUT2D eigenvalue weighted by Gasteiger charge is -2.30. The molecule has 2 unspecified atom stereocenters. The van der Waals surface area contributed by atoms with Crippen LogP contribution in [0.2, 0.25) is 0 Å². The molecular formula is C14H21. The van der Waals surface area contributed by atoms with Gasteiger partial charge in [0.05, 0.1) is 0 Å². The van der Waals surface area contributed by atoms with Crippen molar-refractivity contribution in [2.75, 3.05) is 0 Å². The number of rotatable bonds is 0. The van der Waals surface area contributed by atoms with Gasteiger partial charge in [-0.1, -0.05) is 31.9 Å². The lowest BCUT2D eigenvalue weighted by Crippen LogP contribution is -2.17.